The third-order valence-electron chi connectivity index (χ3n) is 15.1. The van der Waals surface area contributed by atoms with Crippen molar-refractivity contribution in [2.75, 3.05) is 0 Å². The second-order valence-electron chi connectivity index (χ2n) is 19.3. The maximum absolute atomic E-state index is 2.47. The SMILES string of the molecule is CC1(C)c2ccccc2-c2ccc(-n3c4ccccc4c4cc(-c5cc(-c6ccc7c(c6)c6ccccc6n7-c6ccc(-c7ccccc7)cc6)cc(-c6cccc7ccccc67)c5)ccc43)cc21. The molecule has 0 saturated heterocycles. The Labute approximate surface area is 401 Å². The summed E-state index contributed by atoms with van der Waals surface area (Å²) in [7, 11) is 0. The van der Waals surface area contributed by atoms with Crippen LogP contribution in [-0.2, 0) is 5.41 Å². The zero-order valence-corrected chi connectivity index (χ0v) is 38.5. The molecule has 2 heterocycles. The highest BCUT2D eigenvalue weighted by Crippen LogP contribution is 2.50. The highest BCUT2D eigenvalue weighted by molar-refractivity contribution is 6.12. The number of aromatic nitrogens is 2. The van der Waals surface area contributed by atoms with Crippen molar-refractivity contribution < 1.29 is 0 Å². The predicted octanol–water partition coefficient (Wildman–Crippen LogP) is 18.0. The fraction of sp³-hybridized carbons (Fsp3) is 0.0448. The molecule has 0 spiro atoms. The number of fused-ring (bicyclic) bond motifs is 10. The molecule has 13 aromatic rings. The van der Waals surface area contributed by atoms with Crippen LogP contribution in [0.1, 0.15) is 25.0 Å². The first-order valence-electron chi connectivity index (χ1n) is 24.1. The standard InChI is InChI=1S/C67H46N2/c1-67(2)61-24-11-8-20-55(61)56-34-33-52(42-62(56)67)69-64-26-13-10-22-58(64)60-41-47(30-36-66(60)69)49-37-48(38-50(39-49)54-23-14-18-45-17-6-7-19-53(45)54)46-29-35-65-59(40-46)57-21-9-12-25-63(57)68(65)51-31-27-44(28-32-51)43-15-4-3-5-16-43/h3-42H,1-2H3. The molecule has 69 heavy (non-hydrogen) atoms. The number of para-hydroxylation sites is 2. The van der Waals surface area contributed by atoms with E-state index in [0.29, 0.717) is 0 Å². The van der Waals surface area contributed by atoms with Gasteiger partial charge in [-0.15, -0.1) is 0 Å². The molecule has 11 aromatic carbocycles. The molecule has 1 aliphatic rings. The molecular formula is C67H46N2. The van der Waals surface area contributed by atoms with Gasteiger partial charge in [0.05, 0.1) is 22.1 Å². The minimum absolute atomic E-state index is 0.0859. The van der Waals surface area contributed by atoms with E-state index >= 15 is 0 Å². The van der Waals surface area contributed by atoms with Gasteiger partial charge in [-0.2, -0.15) is 0 Å². The van der Waals surface area contributed by atoms with Crippen molar-refractivity contribution in [2.45, 2.75) is 19.3 Å². The van der Waals surface area contributed by atoms with E-state index in [-0.39, 0.29) is 5.41 Å². The van der Waals surface area contributed by atoms with Gasteiger partial charge in [0.1, 0.15) is 0 Å². The molecule has 2 heteroatoms. The Balaban J connectivity index is 0.934. The summed E-state index contributed by atoms with van der Waals surface area (Å²) in [6.07, 6.45) is 0. The largest absolute Gasteiger partial charge is 0.309 e. The smallest absolute Gasteiger partial charge is 0.0541 e. The Morgan fingerprint density at radius 2 is 0.739 bits per heavy atom. The summed E-state index contributed by atoms with van der Waals surface area (Å²) in [6.45, 7) is 4.73. The van der Waals surface area contributed by atoms with Gasteiger partial charge in [0.15, 0.2) is 0 Å². The predicted molar refractivity (Wildman–Crippen MR) is 292 cm³/mol. The molecule has 14 rings (SSSR count). The Hall–Kier alpha value is -8.72. The molecular weight excluding hydrogens is 833 g/mol. The average Bonchev–Trinajstić information content (AvgIpc) is 4.00. The summed E-state index contributed by atoms with van der Waals surface area (Å²) in [5, 5.41) is 7.46. The van der Waals surface area contributed by atoms with Crippen LogP contribution in [0.5, 0.6) is 0 Å². The maximum Gasteiger partial charge on any atom is 0.0541 e. The molecule has 0 bridgehead atoms. The number of benzene rings is 11. The quantitative estimate of drug-likeness (QED) is 0.157. The Morgan fingerprint density at radius 1 is 0.261 bits per heavy atom. The van der Waals surface area contributed by atoms with Gasteiger partial charge >= 0.3 is 0 Å². The van der Waals surface area contributed by atoms with Gasteiger partial charge in [-0.3, -0.25) is 0 Å². The van der Waals surface area contributed by atoms with Crippen molar-refractivity contribution in [1.82, 2.24) is 9.13 Å². The van der Waals surface area contributed by atoms with Crippen molar-refractivity contribution in [3.63, 3.8) is 0 Å². The molecule has 0 atom stereocenters. The lowest BCUT2D eigenvalue weighted by Gasteiger charge is -2.22. The second-order valence-corrected chi connectivity index (χ2v) is 19.3. The number of nitrogens with zero attached hydrogens (tertiary/aromatic N) is 2. The van der Waals surface area contributed by atoms with Crippen LogP contribution in [0.2, 0.25) is 0 Å². The van der Waals surface area contributed by atoms with Crippen LogP contribution in [0.15, 0.2) is 243 Å². The Morgan fingerprint density at radius 3 is 1.43 bits per heavy atom. The van der Waals surface area contributed by atoms with Crippen LogP contribution in [-0.4, -0.2) is 9.13 Å². The topological polar surface area (TPSA) is 9.86 Å². The summed E-state index contributed by atoms with van der Waals surface area (Å²) in [5.74, 6) is 0. The number of rotatable bonds is 6. The van der Waals surface area contributed by atoms with Gasteiger partial charge in [0.2, 0.25) is 0 Å². The van der Waals surface area contributed by atoms with Crippen molar-refractivity contribution in [1.29, 1.82) is 0 Å². The van der Waals surface area contributed by atoms with Crippen molar-refractivity contribution in [3.05, 3.63) is 254 Å². The molecule has 0 unspecified atom stereocenters. The molecule has 2 nitrogen and oxygen atoms in total. The third kappa shape index (κ3) is 6.12. The molecule has 0 aliphatic heterocycles. The fourth-order valence-corrected chi connectivity index (χ4v) is 11.7. The zero-order chi connectivity index (χ0) is 45.8. The van der Waals surface area contributed by atoms with Gasteiger partial charge in [-0.1, -0.05) is 178 Å². The van der Waals surface area contributed by atoms with Crippen molar-refractivity contribution in [3.8, 4) is 67.0 Å². The molecule has 0 saturated carbocycles. The molecule has 324 valence electrons. The highest BCUT2D eigenvalue weighted by Gasteiger charge is 2.35. The lowest BCUT2D eigenvalue weighted by atomic mass is 9.82. The van der Waals surface area contributed by atoms with Crippen LogP contribution < -0.4 is 0 Å². The van der Waals surface area contributed by atoms with Gasteiger partial charge in [-0.25, -0.2) is 0 Å². The first-order chi connectivity index (χ1) is 34.0. The van der Waals surface area contributed by atoms with Gasteiger partial charge in [0.25, 0.3) is 0 Å². The number of hydrogen-bond acceptors (Lipinski definition) is 0. The van der Waals surface area contributed by atoms with Crippen molar-refractivity contribution >= 4 is 54.4 Å². The zero-order valence-electron chi connectivity index (χ0n) is 38.5. The van der Waals surface area contributed by atoms with E-state index in [2.05, 4.69) is 266 Å². The minimum Gasteiger partial charge on any atom is -0.309 e. The van der Waals surface area contributed by atoms with Gasteiger partial charge in [0, 0.05) is 38.3 Å². The minimum atomic E-state index is -0.0859. The highest BCUT2D eigenvalue weighted by atomic mass is 15.0. The Bertz CT molecular complexity index is 4200. The lowest BCUT2D eigenvalue weighted by molar-refractivity contribution is 0.660. The summed E-state index contributed by atoms with van der Waals surface area (Å²) in [4.78, 5) is 0. The summed E-state index contributed by atoms with van der Waals surface area (Å²) in [5.41, 5.74) is 22.1. The van der Waals surface area contributed by atoms with Gasteiger partial charge < -0.3 is 9.13 Å². The van der Waals surface area contributed by atoms with E-state index in [4.69, 9.17) is 0 Å². The molecule has 0 radical (unpaired) electrons. The monoisotopic (exact) mass is 878 g/mol. The molecule has 1 aliphatic carbocycles. The maximum atomic E-state index is 2.47. The van der Waals surface area contributed by atoms with Crippen LogP contribution in [0, 0.1) is 0 Å². The van der Waals surface area contributed by atoms with E-state index in [9.17, 15) is 0 Å². The van der Waals surface area contributed by atoms with Crippen LogP contribution in [0.25, 0.3) is 121 Å². The van der Waals surface area contributed by atoms with E-state index < -0.39 is 0 Å². The summed E-state index contributed by atoms with van der Waals surface area (Å²) < 4.78 is 4.88. The van der Waals surface area contributed by atoms with E-state index in [1.54, 1.807) is 0 Å². The molecule has 0 N–H and O–H groups in total. The van der Waals surface area contributed by atoms with Crippen LogP contribution >= 0.6 is 0 Å². The van der Waals surface area contributed by atoms with Crippen molar-refractivity contribution in [2.24, 2.45) is 0 Å². The average molecular weight is 879 g/mol. The molecule has 0 fully saturated rings. The molecule has 2 aromatic heterocycles. The lowest BCUT2D eigenvalue weighted by Crippen LogP contribution is -2.15. The normalized spacial score (nSPS) is 12.9. The second kappa shape index (κ2) is 15.2. The van der Waals surface area contributed by atoms with E-state index in [1.807, 2.05) is 0 Å². The van der Waals surface area contributed by atoms with E-state index in [1.165, 1.54) is 127 Å². The van der Waals surface area contributed by atoms with Gasteiger partial charge in [-0.05, 0) is 156 Å². The van der Waals surface area contributed by atoms with Crippen LogP contribution in [0.3, 0.4) is 0 Å². The number of hydrogen-bond donors (Lipinski definition) is 0. The fourth-order valence-electron chi connectivity index (χ4n) is 11.7. The third-order valence-corrected chi connectivity index (χ3v) is 15.1. The van der Waals surface area contributed by atoms with E-state index in [0.717, 1.165) is 5.69 Å². The Kier molecular flexibility index (Phi) is 8.66. The van der Waals surface area contributed by atoms with Crippen LogP contribution in [0.4, 0.5) is 0 Å². The first-order valence-corrected chi connectivity index (χ1v) is 24.1. The summed E-state index contributed by atoms with van der Waals surface area (Å²) >= 11 is 0. The first kappa shape index (κ1) is 39.4. The summed E-state index contributed by atoms with van der Waals surface area (Å²) in [6, 6.07) is 90.1. The molecule has 0 amide bonds.